The van der Waals surface area contributed by atoms with Gasteiger partial charge in [0.2, 0.25) is 5.88 Å². The Balaban J connectivity index is 2.09. The zero-order valence-electron chi connectivity index (χ0n) is 6.82. The van der Waals surface area contributed by atoms with Gasteiger partial charge in [-0.15, -0.1) is 5.06 Å². The van der Waals surface area contributed by atoms with Gasteiger partial charge in [-0.05, 0) is 6.07 Å². The molecule has 0 unspecified atom stereocenters. The Labute approximate surface area is 74.2 Å². The number of hydrogen-bond acceptors (Lipinski definition) is 3. The van der Waals surface area contributed by atoms with E-state index in [4.69, 9.17) is 4.84 Å². The summed E-state index contributed by atoms with van der Waals surface area (Å²) in [5.41, 5.74) is 0. The topological polar surface area (TPSA) is 62.4 Å². The number of aromatic nitrogens is 1. The third-order valence-corrected chi connectivity index (χ3v) is 1.76. The highest BCUT2D eigenvalue weighted by Crippen LogP contribution is 2.15. The number of rotatable bonds is 2. The number of imide groups is 1. The monoisotopic (exact) mass is 180 g/mol. The lowest BCUT2D eigenvalue weighted by Gasteiger charge is -2.11. The van der Waals surface area contributed by atoms with Crippen molar-refractivity contribution in [3.05, 3.63) is 18.3 Å². The molecule has 2 amide bonds. The van der Waals surface area contributed by atoms with Crippen LogP contribution in [0.25, 0.3) is 0 Å². The van der Waals surface area contributed by atoms with Crippen molar-refractivity contribution in [3.8, 4) is 5.88 Å². The number of nitrogens with one attached hydrogen (secondary N) is 1. The Morgan fingerprint density at radius 2 is 2.00 bits per heavy atom. The number of aromatic amines is 1. The minimum Gasteiger partial charge on any atom is -0.351 e. The molecule has 1 aromatic heterocycles. The predicted molar refractivity (Wildman–Crippen MR) is 42.5 cm³/mol. The van der Waals surface area contributed by atoms with E-state index in [-0.39, 0.29) is 24.7 Å². The summed E-state index contributed by atoms with van der Waals surface area (Å²) in [7, 11) is 0. The van der Waals surface area contributed by atoms with Gasteiger partial charge < -0.3 is 9.82 Å². The number of amides is 2. The first-order valence-corrected chi connectivity index (χ1v) is 3.94. The maximum Gasteiger partial charge on any atom is 0.264 e. The number of hydrogen-bond donors (Lipinski definition) is 1. The van der Waals surface area contributed by atoms with Crippen LogP contribution in [0.3, 0.4) is 0 Å². The molecule has 0 aliphatic carbocycles. The molecule has 5 nitrogen and oxygen atoms in total. The van der Waals surface area contributed by atoms with Gasteiger partial charge in [-0.1, -0.05) is 0 Å². The van der Waals surface area contributed by atoms with Crippen LogP contribution >= 0.6 is 0 Å². The fourth-order valence-electron chi connectivity index (χ4n) is 1.13. The highest BCUT2D eigenvalue weighted by molar-refractivity contribution is 6.00. The fourth-order valence-corrected chi connectivity index (χ4v) is 1.13. The molecule has 1 aliphatic rings. The van der Waals surface area contributed by atoms with Crippen molar-refractivity contribution in [1.29, 1.82) is 0 Å². The normalized spacial score (nSPS) is 16.8. The maximum atomic E-state index is 11.1. The van der Waals surface area contributed by atoms with E-state index >= 15 is 0 Å². The molecule has 0 aromatic carbocycles. The molecule has 1 N–H and O–H groups in total. The van der Waals surface area contributed by atoms with Crippen LogP contribution in [0.1, 0.15) is 12.8 Å². The lowest BCUT2D eigenvalue weighted by Crippen LogP contribution is -2.32. The highest BCUT2D eigenvalue weighted by Gasteiger charge is 2.31. The van der Waals surface area contributed by atoms with E-state index in [0.717, 1.165) is 5.06 Å². The lowest BCUT2D eigenvalue weighted by molar-refractivity contribution is -0.165. The Morgan fingerprint density at radius 1 is 1.31 bits per heavy atom. The molecule has 5 heteroatoms. The van der Waals surface area contributed by atoms with Crippen LogP contribution in [0.15, 0.2) is 18.3 Å². The minimum atomic E-state index is -0.292. The minimum absolute atomic E-state index is 0.236. The van der Waals surface area contributed by atoms with Crippen LogP contribution in [0.5, 0.6) is 5.88 Å². The largest absolute Gasteiger partial charge is 0.351 e. The molecule has 1 fully saturated rings. The molecule has 1 aromatic rings. The standard InChI is InChI=1S/C8H8N2O3/c11-7-3-4-8(12)10(7)13-6-2-1-5-9-6/h1-2,5,9H,3-4H2. The van der Waals surface area contributed by atoms with Crippen molar-refractivity contribution in [2.75, 3.05) is 0 Å². The first kappa shape index (κ1) is 7.85. The van der Waals surface area contributed by atoms with Gasteiger partial charge in [0.05, 0.1) is 0 Å². The molecule has 0 saturated carbocycles. The SMILES string of the molecule is O=C1CCC(=O)N1Oc1ccc[nH]1. The molecule has 0 radical (unpaired) electrons. The number of carbonyl (C=O) groups excluding carboxylic acids is 2. The second kappa shape index (κ2) is 2.93. The van der Waals surface area contributed by atoms with Gasteiger partial charge in [0, 0.05) is 25.1 Å². The first-order chi connectivity index (χ1) is 6.27. The zero-order chi connectivity index (χ0) is 9.26. The smallest absolute Gasteiger partial charge is 0.264 e. The van der Waals surface area contributed by atoms with Gasteiger partial charge in [0.15, 0.2) is 0 Å². The maximum absolute atomic E-state index is 11.1. The summed E-state index contributed by atoms with van der Waals surface area (Å²) >= 11 is 0. The van der Waals surface area contributed by atoms with Crippen molar-refractivity contribution in [3.63, 3.8) is 0 Å². The van der Waals surface area contributed by atoms with Gasteiger partial charge in [0.1, 0.15) is 0 Å². The molecule has 1 saturated heterocycles. The van der Waals surface area contributed by atoms with E-state index in [1.54, 1.807) is 18.3 Å². The average molecular weight is 180 g/mol. The predicted octanol–water partition coefficient (Wildman–Crippen LogP) is 0.458. The van der Waals surface area contributed by atoms with Gasteiger partial charge in [-0.3, -0.25) is 9.59 Å². The Hall–Kier alpha value is -1.78. The molecule has 0 bridgehead atoms. The van der Waals surface area contributed by atoms with E-state index < -0.39 is 0 Å². The molecule has 0 atom stereocenters. The van der Waals surface area contributed by atoms with Crippen LogP contribution < -0.4 is 4.84 Å². The van der Waals surface area contributed by atoms with Crippen LogP contribution in [-0.4, -0.2) is 21.9 Å². The van der Waals surface area contributed by atoms with Crippen molar-refractivity contribution in [2.45, 2.75) is 12.8 Å². The van der Waals surface area contributed by atoms with E-state index in [1.165, 1.54) is 0 Å². The average Bonchev–Trinajstić information content (AvgIpc) is 2.70. The molecular weight excluding hydrogens is 172 g/mol. The van der Waals surface area contributed by atoms with Crippen molar-refractivity contribution in [2.24, 2.45) is 0 Å². The summed E-state index contributed by atoms with van der Waals surface area (Å²) in [4.78, 5) is 29.9. The Bertz CT molecular complexity index is 315. The van der Waals surface area contributed by atoms with Crippen molar-refractivity contribution in [1.82, 2.24) is 10.0 Å². The molecule has 0 spiro atoms. The second-order valence-electron chi connectivity index (χ2n) is 2.71. The highest BCUT2D eigenvalue weighted by atomic mass is 16.7. The third-order valence-electron chi connectivity index (χ3n) is 1.76. The first-order valence-electron chi connectivity index (χ1n) is 3.94. The third kappa shape index (κ3) is 1.40. The number of H-pyrrole nitrogens is 1. The van der Waals surface area contributed by atoms with E-state index in [9.17, 15) is 9.59 Å². The second-order valence-corrected chi connectivity index (χ2v) is 2.71. The quantitative estimate of drug-likeness (QED) is 0.672. The summed E-state index contributed by atoms with van der Waals surface area (Å²) < 4.78 is 0. The van der Waals surface area contributed by atoms with E-state index in [2.05, 4.69) is 4.98 Å². The summed E-state index contributed by atoms with van der Waals surface area (Å²) in [5.74, 6) is -0.192. The summed E-state index contributed by atoms with van der Waals surface area (Å²) in [6.07, 6.45) is 2.12. The van der Waals surface area contributed by atoms with Crippen LogP contribution in [-0.2, 0) is 9.59 Å². The van der Waals surface area contributed by atoms with Crippen molar-refractivity contribution < 1.29 is 14.4 Å². The fraction of sp³-hybridized carbons (Fsp3) is 0.250. The number of carbonyl (C=O) groups is 2. The van der Waals surface area contributed by atoms with E-state index in [0.29, 0.717) is 5.88 Å². The molecule has 2 heterocycles. The molecule has 68 valence electrons. The number of nitrogens with zero attached hydrogens (tertiary/aromatic N) is 1. The van der Waals surface area contributed by atoms with E-state index in [1.807, 2.05) is 0 Å². The molecule has 2 rings (SSSR count). The van der Waals surface area contributed by atoms with Crippen LogP contribution in [0.4, 0.5) is 0 Å². The summed E-state index contributed by atoms with van der Waals surface area (Å²) in [6.45, 7) is 0. The summed E-state index contributed by atoms with van der Waals surface area (Å²) in [6, 6.07) is 3.36. The molecule has 1 aliphatic heterocycles. The summed E-state index contributed by atoms with van der Waals surface area (Å²) in [5, 5.41) is 0.797. The zero-order valence-corrected chi connectivity index (χ0v) is 6.82. The molecule has 13 heavy (non-hydrogen) atoms. The van der Waals surface area contributed by atoms with Gasteiger partial charge in [-0.25, -0.2) is 0 Å². The van der Waals surface area contributed by atoms with Crippen LogP contribution in [0, 0.1) is 0 Å². The Kier molecular flexibility index (Phi) is 1.77. The van der Waals surface area contributed by atoms with Gasteiger partial charge >= 0.3 is 0 Å². The Morgan fingerprint density at radius 3 is 2.54 bits per heavy atom. The number of hydroxylamine groups is 2. The lowest BCUT2D eigenvalue weighted by atomic mass is 10.4. The van der Waals surface area contributed by atoms with Crippen LogP contribution in [0.2, 0.25) is 0 Å². The van der Waals surface area contributed by atoms with Gasteiger partial charge in [0.25, 0.3) is 11.8 Å². The van der Waals surface area contributed by atoms with Gasteiger partial charge in [-0.2, -0.15) is 0 Å². The van der Waals surface area contributed by atoms with Crippen molar-refractivity contribution >= 4 is 11.8 Å². The molecular formula is C8H8N2O3.